The first kappa shape index (κ1) is 39.4. The zero-order chi connectivity index (χ0) is 35.3. The highest BCUT2D eigenvalue weighted by Gasteiger charge is 2.36. The smallest absolute Gasteiger partial charge is 0.400 e. The molecule has 13 heteroatoms. The number of thiol groups is 1. The fourth-order valence-electron chi connectivity index (χ4n) is 5.58. The molecule has 1 fully saturated rings. The molecule has 5 rings (SSSR count). The standard InChI is InChI=1S/C24H28N2O2.C8H5F4NO.CH5NS.CH4O/c1-15-11-20(28-4)13-21(22(15)14-27)18-7-5-17(6-8-18)19-9-10-24-23(12-19)25-16(2)26(24)3;9-6-3-5(8(10,11)12)1-2-7(6)13-4-14;1-2-3;1-2/h5-10,12,14-15,20-22H,11,13H2,1-4H3;1-4H,(H,13,14);2-3H,1H3;2H,1H3/t15-,20+,21-,22?;;;/m0.../s1. The maximum absolute atomic E-state index is 12.8. The molecule has 3 N–H and O–H groups in total. The van der Waals surface area contributed by atoms with Crippen LogP contribution in [0.25, 0.3) is 22.2 Å². The lowest BCUT2D eigenvalue weighted by Crippen LogP contribution is -2.34. The zero-order valence-electron chi connectivity index (χ0n) is 27.2. The summed E-state index contributed by atoms with van der Waals surface area (Å²) in [5.74, 6) is 0.524. The summed E-state index contributed by atoms with van der Waals surface area (Å²) in [5.41, 5.74) is 4.35. The van der Waals surface area contributed by atoms with Crippen LogP contribution in [-0.4, -0.2) is 54.7 Å². The van der Waals surface area contributed by atoms with Gasteiger partial charge < -0.3 is 24.5 Å². The van der Waals surface area contributed by atoms with Gasteiger partial charge in [0.2, 0.25) is 6.41 Å². The number of amides is 1. The number of rotatable bonds is 6. The van der Waals surface area contributed by atoms with Crippen molar-refractivity contribution in [3.63, 3.8) is 0 Å². The summed E-state index contributed by atoms with van der Waals surface area (Å²) in [5, 5.41) is 8.93. The van der Waals surface area contributed by atoms with Gasteiger partial charge in [0.1, 0.15) is 17.9 Å². The third-order valence-corrected chi connectivity index (χ3v) is 8.05. The van der Waals surface area contributed by atoms with Gasteiger partial charge in [-0.1, -0.05) is 50.1 Å². The van der Waals surface area contributed by atoms with Gasteiger partial charge in [0.05, 0.1) is 28.4 Å². The molecule has 256 valence electrons. The van der Waals surface area contributed by atoms with E-state index in [4.69, 9.17) is 9.84 Å². The Hall–Kier alpha value is -3.78. The van der Waals surface area contributed by atoms with Crippen LogP contribution in [0.5, 0.6) is 0 Å². The summed E-state index contributed by atoms with van der Waals surface area (Å²) < 4.78 is 59.1. The summed E-state index contributed by atoms with van der Waals surface area (Å²) >= 11 is 3.54. The highest BCUT2D eigenvalue weighted by molar-refractivity contribution is 7.78. The maximum atomic E-state index is 12.8. The van der Waals surface area contributed by atoms with Gasteiger partial charge in [0.15, 0.2) is 0 Å². The molecule has 47 heavy (non-hydrogen) atoms. The highest BCUT2D eigenvalue weighted by atomic mass is 32.1. The molecule has 1 aromatic heterocycles. The number of carbonyl (C=O) groups excluding carboxylic acids is 2. The predicted octanol–water partition coefficient (Wildman–Crippen LogP) is 6.96. The molecule has 1 saturated carbocycles. The summed E-state index contributed by atoms with van der Waals surface area (Å²) in [6, 6.07) is 17.0. The molecule has 1 unspecified atom stereocenters. The van der Waals surface area contributed by atoms with Gasteiger partial charge in [-0.05, 0) is 85.7 Å². The lowest BCUT2D eigenvalue weighted by molar-refractivity contribution is -0.137. The van der Waals surface area contributed by atoms with Gasteiger partial charge in [-0.25, -0.2) is 9.37 Å². The number of imidazole rings is 1. The van der Waals surface area contributed by atoms with E-state index in [1.54, 1.807) is 14.2 Å². The second kappa shape index (κ2) is 18.5. The number of benzene rings is 3. The molecule has 1 aliphatic carbocycles. The van der Waals surface area contributed by atoms with Crippen molar-refractivity contribution in [2.45, 2.75) is 44.9 Å². The fraction of sp³-hybridized carbons (Fsp3) is 0.382. The van der Waals surface area contributed by atoms with Crippen molar-refractivity contribution in [1.82, 2.24) is 14.3 Å². The minimum atomic E-state index is -4.58. The molecule has 1 aliphatic rings. The zero-order valence-corrected chi connectivity index (χ0v) is 28.1. The van der Waals surface area contributed by atoms with Crippen LogP contribution >= 0.6 is 12.8 Å². The van der Waals surface area contributed by atoms with E-state index in [1.165, 1.54) is 11.1 Å². The van der Waals surface area contributed by atoms with E-state index in [0.29, 0.717) is 18.1 Å². The first-order valence-corrected chi connectivity index (χ1v) is 15.2. The number of ether oxygens (including phenoxy) is 1. The van der Waals surface area contributed by atoms with Gasteiger partial charge >= 0.3 is 6.18 Å². The number of alkyl halides is 3. The van der Waals surface area contributed by atoms with Crippen molar-refractivity contribution in [1.29, 1.82) is 0 Å². The van der Waals surface area contributed by atoms with E-state index in [9.17, 15) is 27.2 Å². The second-order valence-corrected chi connectivity index (χ2v) is 11.3. The Kier molecular flexibility index (Phi) is 15.5. The average molecular weight is 679 g/mol. The lowest BCUT2D eigenvalue weighted by Gasteiger charge is -2.37. The minimum Gasteiger partial charge on any atom is -0.400 e. The third-order valence-electron chi connectivity index (χ3n) is 8.05. The normalized spacial score (nSPS) is 18.8. The molecule has 8 nitrogen and oxygen atoms in total. The van der Waals surface area contributed by atoms with Crippen molar-refractivity contribution in [2.24, 2.45) is 18.9 Å². The minimum absolute atomic E-state index is 0.0603. The van der Waals surface area contributed by atoms with Crippen LogP contribution in [0, 0.1) is 24.6 Å². The lowest BCUT2D eigenvalue weighted by atomic mass is 9.69. The first-order chi connectivity index (χ1) is 22.4. The Morgan fingerprint density at radius 1 is 1.02 bits per heavy atom. The first-order valence-electron chi connectivity index (χ1n) is 14.7. The molecule has 4 atom stereocenters. The number of anilines is 1. The maximum Gasteiger partial charge on any atom is 0.416 e. The monoisotopic (exact) mass is 678 g/mol. The van der Waals surface area contributed by atoms with Crippen LogP contribution in [-0.2, 0) is 27.5 Å². The number of nitrogens with zero attached hydrogens (tertiary/aromatic N) is 2. The Labute approximate surface area is 278 Å². The van der Waals surface area contributed by atoms with Gasteiger partial charge in [0, 0.05) is 27.2 Å². The van der Waals surface area contributed by atoms with Gasteiger partial charge in [0.25, 0.3) is 0 Å². The van der Waals surface area contributed by atoms with Crippen molar-refractivity contribution < 1.29 is 37.0 Å². The van der Waals surface area contributed by atoms with Crippen molar-refractivity contribution in [2.75, 3.05) is 26.6 Å². The average Bonchev–Trinajstić information content (AvgIpc) is 3.34. The topological polar surface area (TPSA) is 105 Å². The van der Waals surface area contributed by atoms with E-state index in [-0.39, 0.29) is 30.0 Å². The van der Waals surface area contributed by atoms with Crippen molar-refractivity contribution in [3.05, 3.63) is 83.4 Å². The summed E-state index contributed by atoms with van der Waals surface area (Å²) in [6.07, 6.45) is -1.16. The van der Waals surface area contributed by atoms with E-state index in [2.05, 4.69) is 76.5 Å². The number of fused-ring (bicyclic) bond motifs is 1. The van der Waals surface area contributed by atoms with Gasteiger partial charge in [-0.3, -0.25) is 9.52 Å². The molecular formula is C34H42F4N4O4S. The number of aliphatic hydroxyl groups excluding tert-OH is 1. The quantitative estimate of drug-likeness (QED) is 0.0999. The van der Waals surface area contributed by atoms with E-state index >= 15 is 0 Å². The largest absolute Gasteiger partial charge is 0.416 e. The number of nitrogens with one attached hydrogen (secondary N) is 2. The number of methoxy groups -OCH3 is 1. The molecule has 1 heterocycles. The van der Waals surface area contributed by atoms with Crippen LogP contribution in [0.15, 0.2) is 60.7 Å². The summed E-state index contributed by atoms with van der Waals surface area (Å²) in [4.78, 5) is 26.3. The molecule has 0 radical (unpaired) electrons. The molecule has 0 aliphatic heterocycles. The van der Waals surface area contributed by atoms with Crippen LogP contribution in [0.2, 0.25) is 0 Å². The Balaban J connectivity index is 0.000000340. The molecule has 3 aromatic carbocycles. The Morgan fingerprint density at radius 3 is 2.17 bits per heavy atom. The summed E-state index contributed by atoms with van der Waals surface area (Å²) in [6.45, 7) is 4.19. The summed E-state index contributed by atoms with van der Waals surface area (Å²) in [7, 11) is 6.55. The van der Waals surface area contributed by atoms with E-state index < -0.39 is 17.6 Å². The van der Waals surface area contributed by atoms with Crippen LogP contribution in [0.3, 0.4) is 0 Å². The predicted molar refractivity (Wildman–Crippen MR) is 180 cm³/mol. The molecule has 0 spiro atoms. The second-order valence-electron chi connectivity index (χ2n) is 10.8. The molecule has 0 bridgehead atoms. The number of halogens is 4. The SMILES string of the molecule is CNS.CO.CO[C@@H]1C[C@H](C)C(C=O)[C@H](c2ccc(-c3ccc4c(c3)nc(C)n4C)cc2)C1.O=CNc1ccc(C(F)(F)F)cc1F. The number of aldehydes is 1. The van der Waals surface area contributed by atoms with Crippen molar-refractivity contribution >= 4 is 42.2 Å². The van der Waals surface area contributed by atoms with Crippen LogP contribution in [0.1, 0.15) is 42.6 Å². The van der Waals surface area contributed by atoms with Crippen LogP contribution in [0.4, 0.5) is 23.2 Å². The highest BCUT2D eigenvalue weighted by Crippen LogP contribution is 2.41. The number of carbonyl (C=O) groups is 2. The van der Waals surface area contributed by atoms with Gasteiger partial charge in [-0.15, -0.1) is 0 Å². The van der Waals surface area contributed by atoms with E-state index in [0.717, 1.165) is 54.7 Å². The number of hydrogen-bond acceptors (Lipinski definition) is 7. The molecule has 1 amide bonds. The third kappa shape index (κ3) is 10.4. The number of aliphatic hydroxyl groups is 1. The molecule has 4 aromatic rings. The molecular weight excluding hydrogens is 636 g/mol. The van der Waals surface area contributed by atoms with Crippen molar-refractivity contribution in [3.8, 4) is 11.1 Å². The Morgan fingerprint density at radius 2 is 1.64 bits per heavy atom. The number of aromatic nitrogens is 2. The van der Waals surface area contributed by atoms with Crippen LogP contribution < -0.4 is 10.0 Å². The van der Waals surface area contributed by atoms with E-state index in [1.807, 2.05) is 19.3 Å². The van der Waals surface area contributed by atoms with Gasteiger partial charge in [-0.2, -0.15) is 13.2 Å². The number of hydrogen-bond donors (Lipinski definition) is 4. The Bertz CT molecular complexity index is 1580. The number of aryl methyl sites for hydroxylation is 2. The fourth-order valence-corrected chi connectivity index (χ4v) is 5.58. The molecule has 0 saturated heterocycles.